The number of amides is 1. The third-order valence-corrected chi connectivity index (χ3v) is 7.96. The second-order valence-electron chi connectivity index (χ2n) is 7.24. The molecule has 1 amide bonds. The van der Waals surface area contributed by atoms with Crippen molar-refractivity contribution in [2.24, 2.45) is 11.8 Å². The molecule has 1 heterocycles. The lowest BCUT2D eigenvalue weighted by Gasteiger charge is -2.34. The smallest absolute Gasteiger partial charge is 0.250 e. The van der Waals surface area contributed by atoms with Crippen LogP contribution in [0, 0.1) is 11.8 Å². The van der Waals surface area contributed by atoms with Crippen LogP contribution in [-0.2, 0) is 14.8 Å². The first-order chi connectivity index (χ1) is 14.0. The number of carbonyl (C=O) groups is 1. The molecule has 5 nitrogen and oxygen atoms in total. The first-order valence-electron chi connectivity index (χ1n) is 10.1. The van der Waals surface area contributed by atoms with Crippen molar-refractivity contribution in [3.63, 3.8) is 0 Å². The third kappa shape index (κ3) is 5.56. The van der Waals surface area contributed by atoms with Gasteiger partial charge in [-0.3, -0.25) is 4.79 Å². The molecule has 0 bridgehead atoms. The molecule has 0 spiro atoms. The Morgan fingerprint density at radius 2 is 2.14 bits per heavy atom. The van der Waals surface area contributed by atoms with Crippen LogP contribution < -0.4 is 10.0 Å². The number of carbonyl (C=O) groups excluding carboxylic acids is 1. The fraction of sp³-hybridized carbons (Fsp3) is 0.409. The lowest BCUT2D eigenvalue weighted by Crippen LogP contribution is -2.53. The van der Waals surface area contributed by atoms with Crippen molar-refractivity contribution in [3.05, 3.63) is 65.6 Å². The van der Waals surface area contributed by atoms with E-state index in [0.717, 1.165) is 42.6 Å². The van der Waals surface area contributed by atoms with Gasteiger partial charge in [0, 0.05) is 12.5 Å². The van der Waals surface area contributed by atoms with Crippen LogP contribution in [0.4, 0.5) is 0 Å². The van der Waals surface area contributed by atoms with Crippen molar-refractivity contribution in [3.8, 4) is 0 Å². The molecule has 0 saturated carbocycles. The number of hydrogen-bond acceptors (Lipinski definition) is 4. The van der Waals surface area contributed by atoms with E-state index in [1.165, 1.54) is 0 Å². The van der Waals surface area contributed by atoms with Crippen molar-refractivity contribution in [2.45, 2.75) is 42.9 Å². The number of hydrogen-bond donors (Lipinski definition) is 2. The van der Waals surface area contributed by atoms with Gasteiger partial charge in [0.15, 0.2) is 0 Å². The summed E-state index contributed by atoms with van der Waals surface area (Å²) in [5.74, 6) is -0.517. The molecule has 156 valence electrons. The minimum Gasteiger partial charge on any atom is -0.355 e. The van der Waals surface area contributed by atoms with Crippen molar-refractivity contribution in [2.75, 3.05) is 6.54 Å². The van der Waals surface area contributed by atoms with Crippen LogP contribution in [0.3, 0.4) is 0 Å². The van der Waals surface area contributed by atoms with Gasteiger partial charge in [-0.1, -0.05) is 55.5 Å². The zero-order valence-corrected chi connectivity index (χ0v) is 18.2. The van der Waals surface area contributed by atoms with Crippen LogP contribution >= 0.6 is 11.3 Å². The lowest BCUT2D eigenvalue weighted by atomic mass is 9.76. The van der Waals surface area contributed by atoms with Crippen LogP contribution in [0.25, 0.3) is 0 Å². The Bertz CT molecular complexity index is 912. The predicted molar refractivity (Wildman–Crippen MR) is 118 cm³/mol. The second-order valence-corrected chi connectivity index (χ2v) is 10.1. The molecule has 0 fully saturated rings. The SMILES string of the molecule is CCCNC(=O)[C@@H](NS(=O)(=O)c1cccs1)C(C1=CCCC=C1)C1C=CC=CC1. The molecule has 29 heavy (non-hydrogen) atoms. The molecule has 3 rings (SSSR count). The highest BCUT2D eigenvalue weighted by atomic mass is 32.2. The Hall–Kier alpha value is -1.96. The summed E-state index contributed by atoms with van der Waals surface area (Å²) in [5, 5.41) is 4.62. The van der Waals surface area contributed by atoms with Gasteiger partial charge in [-0.05, 0) is 48.6 Å². The standard InChI is InChI=1S/C22H28N2O3S2/c1-2-15-23-22(25)21(24-29(26,27)19-14-9-16-28-19)20(17-10-5-3-6-11-17)18-12-7-4-8-13-18/h3,5-7,9-10,12-14,16-17,20-21,24H,2,4,8,11,15H2,1H3,(H,23,25)/t17?,20?,21-/m0/s1. The first-order valence-corrected chi connectivity index (χ1v) is 12.4. The van der Waals surface area contributed by atoms with E-state index in [4.69, 9.17) is 0 Å². The molecule has 2 aliphatic rings. The molecular weight excluding hydrogens is 404 g/mol. The molecule has 0 saturated heterocycles. The Balaban J connectivity index is 1.98. The van der Waals surface area contributed by atoms with Crippen molar-refractivity contribution in [1.82, 2.24) is 10.0 Å². The van der Waals surface area contributed by atoms with Crippen molar-refractivity contribution in [1.29, 1.82) is 0 Å². The van der Waals surface area contributed by atoms with Crippen LogP contribution in [0.2, 0.25) is 0 Å². The largest absolute Gasteiger partial charge is 0.355 e. The molecule has 1 aromatic rings. The van der Waals surface area contributed by atoms with E-state index in [1.54, 1.807) is 17.5 Å². The Kier molecular flexibility index (Phi) is 7.64. The summed E-state index contributed by atoms with van der Waals surface area (Å²) >= 11 is 1.15. The van der Waals surface area contributed by atoms with Gasteiger partial charge in [-0.2, -0.15) is 4.72 Å². The van der Waals surface area contributed by atoms with E-state index < -0.39 is 16.1 Å². The average Bonchev–Trinajstić information content (AvgIpc) is 3.29. The molecule has 0 aromatic carbocycles. The first kappa shape index (κ1) is 21.7. The van der Waals surface area contributed by atoms with Gasteiger partial charge < -0.3 is 5.32 Å². The Labute approximate surface area is 177 Å². The zero-order valence-electron chi connectivity index (χ0n) is 16.6. The van der Waals surface area contributed by atoms with Gasteiger partial charge in [0.1, 0.15) is 10.3 Å². The van der Waals surface area contributed by atoms with Crippen LogP contribution in [0.15, 0.2) is 69.8 Å². The summed E-state index contributed by atoms with van der Waals surface area (Å²) < 4.78 is 29.0. The van der Waals surface area contributed by atoms with Crippen molar-refractivity contribution >= 4 is 27.3 Å². The summed E-state index contributed by atoms with van der Waals surface area (Å²) in [7, 11) is -3.79. The van der Waals surface area contributed by atoms with Crippen LogP contribution in [0.1, 0.15) is 32.6 Å². The summed E-state index contributed by atoms with van der Waals surface area (Å²) in [4.78, 5) is 13.1. The third-order valence-electron chi connectivity index (χ3n) is 5.12. The lowest BCUT2D eigenvalue weighted by molar-refractivity contribution is -0.123. The maximum Gasteiger partial charge on any atom is 0.250 e. The fourth-order valence-electron chi connectivity index (χ4n) is 3.72. The second kappa shape index (κ2) is 10.2. The maximum atomic E-state index is 13.1. The minimum atomic E-state index is -3.79. The van der Waals surface area contributed by atoms with Gasteiger partial charge in [0.25, 0.3) is 10.0 Å². The monoisotopic (exact) mass is 432 g/mol. The average molecular weight is 433 g/mol. The van der Waals surface area contributed by atoms with E-state index in [1.807, 2.05) is 25.2 Å². The van der Waals surface area contributed by atoms with Crippen molar-refractivity contribution < 1.29 is 13.2 Å². The number of rotatable bonds is 9. The zero-order chi connectivity index (χ0) is 20.7. The van der Waals surface area contributed by atoms with E-state index in [-0.39, 0.29) is 22.0 Å². The maximum absolute atomic E-state index is 13.1. The molecular formula is C22H28N2O3S2. The topological polar surface area (TPSA) is 75.3 Å². The van der Waals surface area contributed by atoms with Crippen LogP contribution in [0.5, 0.6) is 0 Å². The van der Waals surface area contributed by atoms with Gasteiger partial charge in [-0.25, -0.2) is 8.42 Å². The number of nitrogens with one attached hydrogen (secondary N) is 2. The number of sulfonamides is 1. The van der Waals surface area contributed by atoms with E-state index in [2.05, 4.69) is 34.3 Å². The van der Waals surface area contributed by atoms with Gasteiger partial charge in [0.05, 0.1) is 0 Å². The van der Waals surface area contributed by atoms with Crippen LogP contribution in [-0.4, -0.2) is 26.9 Å². The fourth-order valence-corrected chi connectivity index (χ4v) is 5.95. The summed E-state index contributed by atoms with van der Waals surface area (Å²) in [6.07, 6.45) is 17.8. The van der Waals surface area contributed by atoms with Gasteiger partial charge >= 0.3 is 0 Å². The van der Waals surface area contributed by atoms with Gasteiger partial charge in [-0.15, -0.1) is 11.3 Å². The van der Waals surface area contributed by atoms with E-state index >= 15 is 0 Å². The highest BCUT2D eigenvalue weighted by Crippen LogP contribution is 2.34. The molecule has 2 aliphatic carbocycles. The number of allylic oxidation sites excluding steroid dienone is 7. The highest BCUT2D eigenvalue weighted by molar-refractivity contribution is 7.91. The normalized spacial score (nSPS) is 20.9. The van der Waals surface area contributed by atoms with E-state index in [0.29, 0.717) is 6.54 Å². The minimum absolute atomic E-state index is 0.0393. The quantitative estimate of drug-likeness (QED) is 0.620. The molecule has 2 unspecified atom stereocenters. The summed E-state index contributed by atoms with van der Waals surface area (Å²) in [6.45, 7) is 2.49. The molecule has 7 heteroatoms. The molecule has 1 aromatic heterocycles. The Morgan fingerprint density at radius 1 is 1.28 bits per heavy atom. The predicted octanol–water partition coefficient (Wildman–Crippen LogP) is 3.95. The van der Waals surface area contributed by atoms with Gasteiger partial charge in [0.2, 0.25) is 5.91 Å². The summed E-state index contributed by atoms with van der Waals surface area (Å²) in [5.41, 5.74) is 1.02. The Morgan fingerprint density at radius 3 is 2.76 bits per heavy atom. The van der Waals surface area contributed by atoms with E-state index in [9.17, 15) is 13.2 Å². The highest BCUT2D eigenvalue weighted by Gasteiger charge is 2.38. The number of thiophene rings is 1. The molecule has 0 aliphatic heterocycles. The molecule has 0 radical (unpaired) electrons. The molecule has 2 N–H and O–H groups in total. The summed E-state index contributed by atoms with van der Waals surface area (Å²) in [6, 6.07) is 2.37. The molecule has 3 atom stereocenters.